The fourth-order valence-electron chi connectivity index (χ4n) is 2.54. The maximum absolute atomic E-state index is 13.7. The number of carbonyl (C=O) groups is 1. The van der Waals surface area contributed by atoms with Gasteiger partial charge in [-0.15, -0.1) is 0 Å². The number of amides is 1. The second-order valence-electron chi connectivity index (χ2n) is 5.46. The van der Waals surface area contributed by atoms with Crippen molar-refractivity contribution in [2.45, 2.75) is 13.5 Å². The number of nitrogens with one attached hydrogen (secondary N) is 1. The first-order chi connectivity index (χ1) is 11.5. The molecule has 6 nitrogen and oxygen atoms in total. The van der Waals surface area contributed by atoms with Crippen LogP contribution >= 0.6 is 0 Å². The molecule has 0 fully saturated rings. The summed E-state index contributed by atoms with van der Waals surface area (Å²) in [6, 6.07) is 6.33. The number of ether oxygens (including phenoxy) is 1. The SMILES string of the molecule is COc1ccc(CNC(=O)c2cnc3c(c2)c(C)nn3C)cc1F. The lowest BCUT2D eigenvalue weighted by Crippen LogP contribution is -2.23. The first kappa shape index (κ1) is 15.9. The van der Waals surface area contributed by atoms with E-state index >= 15 is 0 Å². The van der Waals surface area contributed by atoms with Crippen LogP contribution in [0.5, 0.6) is 5.75 Å². The van der Waals surface area contributed by atoms with Crippen molar-refractivity contribution in [1.29, 1.82) is 0 Å². The number of carbonyl (C=O) groups excluding carboxylic acids is 1. The molecule has 1 aromatic carbocycles. The van der Waals surface area contributed by atoms with Crippen molar-refractivity contribution in [2.75, 3.05) is 7.11 Å². The van der Waals surface area contributed by atoms with Crippen molar-refractivity contribution in [3.63, 3.8) is 0 Å². The molecule has 2 aromatic heterocycles. The van der Waals surface area contributed by atoms with Crippen molar-refractivity contribution in [3.05, 3.63) is 53.1 Å². The molecule has 0 radical (unpaired) electrons. The average Bonchev–Trinajstić information content (AvgIpc) is 2.86. The molecule has 0 aliphatic rings. The van der Waals surface area contributed by atoms with Crippen LogP contribution in [0.1, 0.15) is 21.6 Å². The van der Waals surface area contributed by atoms with Gasteiger partial charge in [0, 0.05) is 25.2 Å². The molecule has 7 heteroatoms. The van der Waals surface area contributed by atoms with E-state index in [4.69, 9.17) is 4.74 Å². The molecule has 0 saturated heterocycles. The number of nitrogens with zero attached hydrogens (tertiary/aromatic N) is 3. The monoisotopic (exact) mass is 328 g/mol. The fraction of sp³-hybridized carbons (Fsp3) is 0.235. The smallest absolute Gasteiger partial charge is 0.253 e. The van der Waals surface area contributed by atoms with Gasteiger partial charge in [0.25, 0.3) is 5.91 Å². The van der Waals surface area contributed by atoms with Gasteiger partial charge in [0.15, 0.2) is 17.2 Å². The van der Waals surface area contributed by atoms with Crippen LogP contribution in [0.2, 0.25) is 0 Å². The summed E-state index contributed by atoms with van der Waals surface area (Å²) in [7, 11) is 3.21. The van der Waals surface area contributed by atoms with Crippen LogP contribution < -0.4 is 10.1 Å². The summed E-state index contributed by atoms with van der Waals surface area (Å²) in [6.45, 7) is 2.08. The summed E-state index contributed by atoms with van der Waals surface area (Å²) < 4.78 is 20.2. The molecule has 3 rings (SSSR count). The topological polar surface area (TPSA) is 69.0 Å². The zero-order valence-corrected chi connectivity index (χ0v) is 13.6. The van der Waals surface area contributed by atoms with Crippen molar-refractivity contribution in [3.8, 4) is 5.75 Å². The molecule has 2 heterocycles. The van der Waals surface area contributed by atoms with Gasteiger partial charge in [-0.25, -0.2) is 9.37 Å². The van der Waals surface area contributed by atoms with Gasteiger partial charge in [-0.3, -0.25) is 9.48 Å². The number of methoxy groups -OCH3 is 1. The zero-order chi connectivity index (χ0) is 17.3. The molecule has 1 amide bonds. The largest absolute Gasteiger partial charge is 0.494 e. The third-order valence-electron chi connectivity index (χ3n) is 3.79. The third-order valence-corrected chi connectivity index (χ3v) is 3.79. The van der Waals surface area contributed by atoms with Crippen LogP contribution in [-0.4, -0.2) is 27.8 Å². The summed E-state index contributed by atoms with van der Waals surface area (Å²) in [5.74, 6) is -0.561. The van der Waals surface area contributed by atoms with Gasteiger partial charge in [0.05, 0.1) is 18.4 Å². The van der Waals surface area contributed by atoms with Gasteiger partial charge in [0.1, 0.15) is 0 Å². The highest BCUT2D eigenvalue weighted by Gasteiger charge is 2.12. The van der Waals surface area contributed by atoms with Crippen LogP contribution in [0.15, 0.2) is 30.5 Å². The fourth-order valence-corrected chi connectivity index (χ4v) is 2.54. The highest BCUT2D eigenvalue weighted by atomic mass is 19.1. The average molecular weight is 328 g/mol. The molecule has 0 aliphatic carbocycles. The molecule has 0 unspecified atom stereocenters. The Bertz CT molecular complexity index is 920. The molecule has 0 aliphatic heterocycles. The Labute approximate surface area is 138 Å². The normalized spacial score (nSPS) is 10.8. The van der Waals surface area contributed by atoms with E-state index in [0.29, 0.717) is 11.1 Å². The van der Waals surface area contributed by atoms with E-state index < -0.39 is 5.82 Å². The van der Waals surface area contributed by atoms with Crippen LogP contribution in [0.25, 0.3) is 11.0 Å². The lowest BCUT2D eigenvalue weighted by molar-refractivity contribution is 0.0950. The summed E-state index contributed by atoms with van der Waals surface area (Å²) in [5, 5.41) is 7.87. The van der Waals surface area contributed by atoms with Gasteiger partial charge in [-0.2, -0.15) is 5.10 Å². The molecule has 0 atom stereocenters. The standard InChI is InChI=1S/C17H17FN4O2/c1-10-13-7-12(9-19-16(13)22(2)21-10)17(23)20-8-11-4-5-15(24-3)14(18)6-11/h4-7,9H,8H2,1-3H3,(H,20,23). The number of aryl methyl sites for hydroxylation is 2. The Morgan fingerprint density at radius 3 is 2.88 bits per heavy atom. The van der Waals surface area contributed by atoms with E-state index in [-0.39, 0.29) is 18.2 Å². The second-order valence-corrected chi connectivity index (χ2v) is 5.46. The number of rotatable bonds is 4. The summed E-state index contributed by atoms with van der Waals surface area (Å²) in [4.78, 5) is 16.6. The van der Waals surface area contributed by atoms with Gasteiger partial charge in [-0.1, -0.05) is 6.07 Å². The van der Waals surface area contributed by atoms with Crippen LogP contribution in [0.3, 0.4) is 0 Å². The number of hydrogen-bond donors (Lipinski definition) is 1. The molecule has 0 saturated carbocycles. The molecule has 124 valence electrons. The van der Waals surface area contributed by atoms with E-state index in [1.165, 1.54) is 25.4 Å². The van der Waals surface area contributed by atoms with Gasteiger partial charge >= 0.3 is 0 Å². The zero-order valence-electron chi connectivity index (χ0n) is 13.6. The minimum Gasteiger partial charge on any atom is -0.494 e. The van der Waals surface area contributed by atoms with E-state index in [1.54, 1.807) is 23.9 Å². The number of fused-ring (bicyclic) bond motifs is 1. The number of aromatic nitrogens is 3. The predicted molar refractivity (Wildman–Crippen MR) is 87.4 cm³/mol. The van der Waals surface area contributed by atoms with Crippen LogP contribution in [-0.2, 0) is 13.6 Å². The number of benzene rings is 1. The van der Waals surface area contributed by atoms with Gasteiger partial charge < -0.3 is 10.1 Å². The van der Waals surface area contributed by atoms with Crippen molar-refractivity contribution in [1.82, 2.24) is 20.1 Å². The van der Waals surface area contributed by atoms with Crippen molar-refractivity contribution in [2.24, 2.45) is 7.05 Å². The first-order valence-corrected chi connectivity index (χ1v) is 7.39. The lowest BCUT2D eigenvalue weighted by atomic mass is 10.1. The molecular formula is C17H17FN4O2. The third kappa shape index (κ3) is 2.92. The Morgan fingerprint density at radius 1 is 1.38 bits per heavy atom. The van der Waals surface area contributed by atoms with E-state index in [0.717, 1.165) is 16.7 Å². The van der Waals surface area contributed by atoms with Crippen molar-refractivity contribution < 1.29 is 13.9 Å². The van der Waals surface area contributed by atoms with E-state index in [1.807, 2.05) is 6.92 Å². The highest BCUT2D eigenvalue weighted by molar-refractivity contribution is 5.97. The number of halogens is 1. The van der Waals surface area contributed by atoms with Crippen LogP contribution in [0, 0.1) is 12.7 Å². The molecule has 0 bridgehead atoms. The van der Waals surface area contributed by atoms with E-state index in [2.05, 4.69) is 15.4 Å². The minimum atomic E-state index is -0.460. The Kier molecular flexibility index (Phi) is 4.16. The lowest BCUT2D eigenvalue weighted by Gasteiger charge is -2.07. The molecule has 1 N–H and O–H groups in total. The number of pyridine rings is 1. The van der Waals surface area contributed by atoms with Crippen molar-refractivity contribution >= 4 is 16.9 Å². The summed E-state index contributed by atoms with van der Waals surface area (Å²) >= 11 is 0. The minimum absolute atomic E-state index is 0.173. The quantitative estimate of drug-likeness (QED) is 0.798. The van der Waals surface area contributed by atoms with E-state index in [9.17, 15) is 9.18 Å². The Balaban J connectivity index is 1.75. The summed E-state index contributed by atoms with van der Waals surface area (Å²) in [6.07, 6.45) is 1.51. The van der Waals surface area contributed by atoms with Gasteiger partial charge in [-0.05, 0) is 30.7 Å². The predicted octanol–water partition coefficient (Wildman–Crippen LogP) is 2.35. The second kappa shape index (κ2) is 6.27. The maximum atomic E-state index is 13.7. The number of hydrogen-bond acceptors (Lipinski definition) is 4. The van der Waals surface area contributed by atoms with Crippen LogP contribution in [0.4, 0.5) is 4.39 Å². The maximum Gasteiger partial charge on any atom is 0.253 e. The Hall–Kier alpha value is -2.96. The highest BCUT2D eigenvalue weighted by Crippen LogP contribution is 2.18. The van der Waals surface area contributed by atoms with Gasteiger partial charge in [0.2, 0.25) is 0 Å². The molecule has 3 aromatic rings. The first-order valence-electron chi connectivity index (χ1n) is 7.39. The molecular weight excluding hydrogens is 311 g/mol. The summed E-state index contributed by atoms with van der Waals surface area (Å²) in [5.41, 5.74) is 2.62. The Morgan fingerprint density at radius 2 is 2.17 bits per heavy atom. The molecule has 24 heavy (non-hydrogen) atoms. The molecule has 0 spiro atoms.